The molecule has 0 saturated carbocycles. The summed E-state index contributed by atoms with van der Waals surface area (Å²) in [6.45, 7) is 1.19. The van der Waals surface area contributed by atoms with Crippen molar-refractivity contribution in [3.05, 3.63) is 29.8 Å². The van der Waals surface area contributed by atoms with E-state index in [0.717, 1.165) is 11.3 Å². The van der Waals surface area contributed by atoms with Crippen molar-refractivity contribution < 1.29 is 19.4 Å². The van der Waals surface area contributed by atoms with E-state index in [1.165, 1.54) is 0 Å². The molecule has 2 heterocycles. The van der Waals surface area contributed by atoms with Crippen molar-refractivity contribution in [2.75, 3.05) is 19.7 Å². The molecule has 3 rings (SSSR count). The van der Waals surface area contributed by atoms with Gasteiger partial charge in [-0.25, -0.2) is 0 Å². The number of para-hydroxylation sites is 1. The van der Waals surface area contributed by atoms with Crippen LogP contribution in [-0.4, -0.2) is 41.6 Å². The lowest BCUT2D eigenvalue weighted by Gasteiger charge is -2.39. The van der Waals surface area contributed by atoms with Gasteiger partial charge in [-0.15, -0.1) is 0 Å². The van der Waals surface area contributed by atoms with Gasteiger partial charge in [-0.1, -0.05) is 18.2 Å². The highest BCUT2D eigenvalue weighted by Crippen LogP contribution is 2.35. The predicted molar refractivity (Wildman–Crippen MR) is 67.0 cm³/mol. The fourth-order valence-electron chi connectivity index (χ4n) is 2.63. The molecule has 2 aliphatic heterocycles. The fraction of sp³-hybridized carbons (Fsp3) is 0.429. The smallest absolute Gasteiger partial charge is 0.310 e. The summed E-state index contributed by atoms with van der Waals surface area (Å²) in [5, 5.41) is 8.84. The number of carboxylic acid groups (broad SMARTS) is 1. The summed E-state index contributed by atoms with van der Waals surface area (Å²) in [7, 11) is 0. The van der Waals surface area contributed by atoms with Crippen LogP contribution in [-0.2, 0) is 9.59 Å². The summed E-state index contributed by atoms with van der Waals surface area (Å²) < 4.78 is 5.53. The lowest BCUT2D eigenvalue weighted by Crippen LogP contribution is -2.54. The molecular formula is C14H15NO4. The number of carboxylic acids is 1. The van der Waals surface area contributed by atoms with E-state index in [4.69, 9.17) is 9.84 Å². The first-order chi connectivity index (χ1) is 9.16. The lowest BCUT2D eigenvalue weighted by molar-refractivity contribution is -0.153. The highest BCUT2D eigenvalue weighted by atomic mass is 16.5. The van der Waals surface area contributed by atoms with Crippen molar-refractivity contribution in [2.24, 2.45) is 5.92 Å². The molecule has 0 radical (unpaired) electrons. The Hall–Kier alpha value is -2.04. The van der Waals surface area contributed by atoms with Crippen LogP contribution in [0, 0.1) is 5.92 Å². The van der Waals surface area contributed by atoms with E-state index < -0.39 is 11.9 Å². The SMILES string of the molecule is O=C(O)C1CN(C(=O)C2CCOc3ccccc32)C1. The maximum absolute atomic E-state index is 12.4. The summed E-state index contributed by atoms with van der Waals surface area (Å²) in [4.78, 5) is 24.8. The molecule has 1 atom stereocenters. The van der Waals surface area contributed by atoms with Crippen LogP contribution in [0.15, 0.2) is 24.3 Å². The monoisotopic (exact) mass is 261 g/mol. The lowest BCUT2D eigenvalue weighted by atomic mass is 9.89. The molecule has 5 nitrogen and oxygen atoms in total. The molecule has 1 aromatic rings. The minimum absolute atomic E-state index is 0.0215. The molecule has 1 amide bonds. The Morgan fingerprint density at radius 3 is 2.74 bits per heavy atom. The van der Waals surface area contributed by atoms with Crippen LogP contribution < -0.4 is 4.74 Å². The summed E-state index contributed by atoms with van der Waals surface area (Å²) in [6, 6.07) is 7.55. The number of carbonyl (C=O) groups excluding carboxylic acids is 1. The third-order valence-corrected chi connectivity index (χ3v) is 3.80. The van der Waals surface area contributed by atoms with Gasteiger partial charge in [0.2, 0.25) is 5.91 Å². The first kappa shape index (κ1) is 12.0. The molecule has 2 aliphatic rings. The van der Waals surface area contributed by atoms with Gasteiger partial charge in [0.15, 0.2) is 0 Å². The molecule has 1 N–H and O–H groups in total. The second-order valence-corrected chi connectivity index (χ2v) is 5.01. The number of likely N-dealkylation sites (tertiary alicyclic amines) is 1. The van der Waals surface area contributed by atoms with Gasteiger partial charge >= 0.3 is 5.97 Å². The van der Waals surface area contributed by atoms with Gasteiger partial charge in [0.25, 0.3) is 0 Å². The predicted octanol–water partition coefficient (Wildman–Crippen LogP) is 1.10. The quantitative estimate of drug-likeness (QED) is 0.865. The number of benzene rings is 1. The van der Waals surface area contributed by atoms with Crippen LogP contribution in [0.1, 0.15) is 17.9 Å². The summed E-state index contributed by atoms with van der Waals surface area (Å²) in [6.07, 6.45) is 0.657. The zero-order chi connectivity index (χ0) is 13.4. The van der Waals surface area contributed by atoms with Gasteiger partial charge in [0, 0.05) is 18.7 Å². The molecule has 1 saturated heterocycles. The topological polar surface area (TPSA) is 66.8 Å². The molecule has 100 valence electrons. The number of amides is 1. The number of hydrogen-bond acceptors (Lipinski definition) is 3. The van der Waals surface area contributed by atoms with E-state index in [2.05, 4.69) is 0 Å². The molecular weight excluding hydrogens is 246 g/mol. The van der Waals surface area contributed by atoms with Gasteiger partial charge in [-0.05, 0) is 12.5 Å². The van der Waals surface area contributed by atoms with E-state index in [1.807, 2.05) is 24.3 Å². The van der Waals surface area contributed by atoms with E-state index in [0.29, 0.717) is 26.1 Å². The van der Waals surface area contributed by atoms with Gasteiger partial charge in [-0.2, -0.15) is 0 Å². The highest BCUT2D eigenvalue weighted by molar-refractivity contribution is 5.87. The Balaban J connectivity index is 1.74. The van der Waals surface area contributed by atoms with Crippen LogP contribution in [0.5, 0.6) is 5.75 Å². The minimum atomic E-state index is -0.823. The molecule has 0 aromatic heterocycles. The van der Waals surface area contributed by atoms with E-state index in [-0.39, 0.29) is 11.8 Å². The van der Waals surface area contributed by atoms with E-state index in [1.54, 1.807) is 4.90 Å². The summed E-state index contributed by atoms with van der Waals surface area (Å²) in [5.41, 5.74) is 0.914. The third kappa shape index (κ3) is 2.05. The largest absolute Gasteiger partial charge is 0.493 e. The van der Waals surface area contributed by atoms with Gasteiger partial charge in [0.1, 0.15) is 5.75 Å². The van der Waals surface area contributed by atoms with Gasteiger partial charge < -0.3 is 14.7 Å². The normalized spacial score (nSPS) is 22.1. The average molecular weight is 261 g/mol. The van der Waals surface area contributed by atoms with Crippen molar-refractivity contribution in [3.63, 3.8) is 0 Å². The van der Waals surface area contributed by atoms with Crippen LogP contribution in [0.2, 0.25) is 0 Å². The first-order valence-corrected chi connectivity index (χ1v) is 6.40. The molecule has 0 spiro atoms. The Bertz CT molecular complexity index is 522. The number of rotatable bonds is 2. The zero-order valence-electron chi connectivity index (χ0n) is 10.4. The molecule has 1 aromatic carbocycles. The third-order valence-electron chi connectivity index (χ3n) is 3.80. The van der Waals surface area contributed by atoms with Crippen molar-refractivity contribution >= 4 is 11.9 Å². The second-order valence-electron chi connectivity index (χ2n) is 5.01. The number of aliphatic carboxylic acids is 1. The van der Waals surface area contributed by atoms with Crippen molar-refractivity contribution in [1.82, 2.24) is 4.90 Å². The van der Waals surface area contributed by atoms with Crippen LogP contribution >= 0.6 is 0 Å². The molecule has 5 heteroatoms. The fourth-order valence-corrected chi connectivity index (χ4v) is 2.63. The second kappa shape index (κ2) is 4.57. The maximum Gasteiger partial charge on any atom is 0.310 e. The summed E-state index contributed by atoms with van der Waals surface area (Å²) >= 11 is 0. The van der Waals surface area contributed by atoms with Crippen LogP contribution in [0.25, 0.3) is 0 Å². The van der Waals surface area contributed by atoms with Gasteiger partial charge in [0.05, 0.1) is 18.4 Å². The molecule has 19 heavy (non-hydrogen) atoms. The van der Waals surface area contributed by atoms with E-state index in [9.17, 15) is 9.59 Å². The summed E-state index contributed by atoms with van der Waals surface area (Å²) in [5.74, 6) is -0.634. The Morgan fingerprint density at radius 1 is 1.26 bits per heavy atom. The van der Waals surface area contributed by atoms with Crippen molar-refractivity contribution in [1.29, 1.82) is 0 Å². The Kier molecular flexibility index (Phi) is 2.89. The van der Waals surface area contributed by atoms with Gasteiger partial charge in [-0.3, -0.25) is 9.59 Å². The number of carbonyl (C=O) groups is 2. The molecule has 1 unspecified atom stereocenters. The number of fused-ring (bicyclic) bond motifs is 1. The molecule has 1 fully saturated rings. The Morgan fingerprint density at radius 2 is 2.00 bits per heavy atom. The first-order valence-electron chi connectivity index (χ1n) is 6.40. The number of ether oxygens (including phenoxy) is 1. The van der Waals surface area contributed by atoms with E-state index >= 15 is 0 Å². The van der Waals surface area contributed by atoms with Crippen LogP contribution in [0.3, 0.4) is 0 Å². The van der Waals surface area contributed by atoms with Crippen LogP contribution in [0.4, 0.5) is 0 Å². The zero-order valence-corrected chi connectivity index (χ0v) is 10.4. The van der Waals surface area contributed by atoms with Crippen molar-refractivity contribution in [2.45, 2.75) is 12.3 Å². The standard InChI is InChI=1S/C14H15NO4/c16-13(15-7-9(8-15)14(17)18)11-5-6-19-12-4-2-1-3-10(11)12/h1-4,9,11H,5-8H2,(H,17,18). The van der Waals surface area contributed by atoms with Crippen molar-refractivity contribution in [3.8, 4) is 5.75 Å². The highest BCUT2D eigenvalue weighted by Gasteiger charge is 2.39. The Labute approximate surface area is 110 Å². The molecule has 0 aliphatic carbocycles. The maximum atomic E-state index is 12.4. The number of nitrogens with zero attached hydrogens (tertiary/aromatic N) is 1. The minimum Gasteiger partial charge on any atom is -0.493 e. The average Bonchev–Trinajstić information content (AvgIpc) is 2.35. The molecule has 0 bridgehead atoms. The number of hydrogen-bond donors (Lipinski definition) is 1.